The SMILES string of the molecule is CCNC(CCCc1cccs1)Cc1cccc(F)c1Br. The van der Waals surface area contributed by atoms with Crippen molar-refractivity contribution in [1.29, 1.82) is 0 Å². The van der Waals surface area contributed by atoms with Gasteiger partial charge in [0.05, 0.1) is 4.47 Å². The molecule has 21 heavy (non-hydrogen) atoms. The van der Waals surface area contributed by atoms with Gasteiger partial charge in [-0.05, 0) is 71.2 Å². The van der Waals surface area contributed by atoms with Crippen molar-refractivity contribution in [3.8, 4) is 0 Å². The van der Waals surface area contributed by atoms with E-state index in [-0.39, 0.29) is 5.82 Å². The first kappa shape index (κ1) is 16.7. The number of likely N-dealkylation sites (N-methyl/N-ethyl adjacent to an activating group) is 1. The highest BCUT2D eigenvalue weighted by atomic mass is 79.9. The van der Waals surface area contributed by atoms with Gasteiger partial charge in [0.1, 0.15) is 5.82 Å². The quantitative estimate of drug-likeness (QED) is 0.674. The molecule has 2 rings (SSSR count). The number of hydrogen-bond donors (Lipinski definition) is 1. The molecule has 1 aromatic heterocycles. The van der Waals surface area contributed by atoms with Crippen molar-refractivity contribution in [3.63, 3.8) is 0 Å². The van der Waals surface area contributed by atoms with Crippen LogP contribution >= 0.6 is 27.3 Å². The molecule has 1 nitrogen and oxygen atoms in total. The lowest BCUT2D eigenvalue weighted by molar-refractivity contribution is 0.475. The molecule has 1 N–H and O–H groups in total. The van der Waals surface area contributed by atoms with E-state index < -0.39 is 0 Å². The Morgan fingerprint density at radius 2 is 2.14 bits per heavy atom. The molecular weight excluding hydrogens is 349 g/mol. The second-order valence-corrected chi connectivity index (χ2v) is 6.97. The van der Waals surface area contributed by atoms with E-state index in [1.165, 1.54) is 10.9 Å². The van der Waals surface area contributed by atoms with Crippen LogP contribution in [0, 0.1) is 5.82 Å². The first-order valence-corrected chi connectivity index (χ1v) is 9.06. The average Bonchev–Trinajstić information content (AvgIpc) is 2.97. The molecule has 0 fully saturated rings. The maximum absolute atomic E-state index is 13.6. The Bertz CT molecular complexity index is 542. The molecule has 0 aliphatic heterocycles. The first-order chi connectivity index (χ1) is 10.2. The van der Waals surface area contributed by atoms with Gasteiger partial charge in [-0.2, -0.15) is 0 Å². The van der Waals surface area contributed by atoms with Gasteiger partial charge < -0.3 is 5.32 Å². The molecule has 1 atom stereocenters. The van der Waals surface area contributed by atoms with Crippen molar-refractivity contribution >= 4 is 27.3 Å². The van der Waals surface area contributed by atoms with Crippen molar-refractivity contribution in [2.45, 2.75) is 38.6 Å². The molecule has 0 bridgehead atoms. The topological polar surface area (TPSA) is 12.0 Å². The molecule has 2 aromatic rings. The van der Waals surface area contributed by atoms with Crippen LogP contribution in [0.15, 0.2) is 40.2 Å². The van der Waals surface area contributed by atoms with Gasteiger partial charge in [-0.25, -0.2) is 4.39 Å². The predicted molar refractivity (Wildman–Crippen MR) is 92.5 cm³/mol. The highest BCUT2D eigenvalue weighted by molar-refractivity contribution is 9.10. The molecule has 0 aliphatic rings. The number of benzene rings is 1. The third-order valence-electron chi connectivity index (χ3n) is 3.55. The van der Waals surface area contributed by atoms with Gasteiger partial charge in [0.15, 0.2) is 0 Å². The van der Waals surface area contributed by atoms with Gasteiger partial charge in [-0.15, -0.1) is 11.3 Å². The summed E-state index contributed by atoms with van der Waals surface area (Å²) in [7, 11) is 0. The van der Waals surface area contributed by atoms with Crippen LogP contribution in [0.25, 0.3) is 0 Å². The Morgan fingerprint density at radius 1 is 1.29 bits per heavy atom. The summed E-state index contributed by atoms with van der Waals surface area (Å²) in [5, 5.41) is 5.64. The van der Waals surface area contributed by atoms with Gasteiger partial charge in [0.25, 0.3) is 0 Å². The zero-order valence-electron chi connectivity index (χ0n) is 12.2. The third kappa shape index (κ3) is 5.20. The summed E-state index contributed by atoms with van der Waals surface area (Å²) in [5.74, 6) is -0.179. The van der Waals surface area contributed by atoms with Crippen LogP contribution in [-0.4, -0.2) is 12.6 Å². The minimum Gasteiger partial charge on any atom is -0.314 e. The molecule has 114 valence electrons. The van der Waals surface area contributed by atoms with E-state index in [9.17, 15) is 4.39 Å². The number of thiophene rings is 1. The summed E-state index contributed by atoms with van der Waals surface area (Å²) in [4.78, 5) is 1.44. The number of hydrogen-bond acceptors (Lipinski definition) is 2. The van der Waals surface area contributed by atoms with Crippen molar-refractivity contribution in [2.75, 3.05) is 6.54 Å². The van der Waals surface area contributed by atoms with Crippen molar-refractivity contribution in [2.24, 2.45) is 0 Å². The summed E-state index contributed by atoms with van der Waals surface area (Å²) < 4.78 is 14.2. The molecule has 1 heterocycles. The highest BCUT2D eigenvalue weighted by Crippen LogP contribution is 2.23. The Hall–Kier alpha value is -0.710. The maximum Gasteiger partial charge on any atom is 0.137 e. The Kier molecular flexibility index (Phi) is 6.87. The Balaban J connectivity index is 1.90. The first-order valence-electron chi connectivity index (χ1n) is 7.39. The summed E-state index contributed by atoms with van der Waals surface area (Å²) >= 11 is 5.18. The van der Waals surface area contributed by atoms with E-state index >= 15 is 0 Å². The molecule has 0 amide bonds. The van der Waals surface area contributed by atoms with Crippen LogP contribution < -0.4 is 5.32 Å². The minimum atomic E-state index is -0.179. The molecular formula is C17H21BrFNS. The fourth-order valence-corrected chi connectivity index (χ4v) is 3.69. The lowest BCUT2D eigenvalue weighted by Crippen LogP contribution is -2.31. The van der Waals surface area contributed by atoms with Crippen LogP contribution in [0.5, 0.6) is 0 Å². The molecule has 1 aromatic carbocycles. The van der Waals surface area contributed by atoms with Gasteiger partial charge in [-0.3, -0.25) is 0 Å². The van der Waals surface area contributed by atoms with Crippen LogP contribution in [-0.2, 0) is 12.8 Å². The second kappa shape index (κ2) is 8.66. The lowest BCUT2D eigenvalue weighted by atomic mass is 10.0. The fourth-order valence-electron chi connectivity index (χ4n) is 2.51. The Morgan fingerprint density at radius 3 is 2.86 bits per heavy atom. The van der Waals surface area contributed by atoms with Crippen LogP contribution in [0.1, 0.15) is 30.2 Å². The third-order valence-corrected chi connectivity index (χ3v) is 5.37. The molecule has 0 aliphatic carbocycles. The lowest BCUT2D eigenvalue weighted by Gasteiger charge is -2.18. The van der Waals surface area contributed by atoms with Crippen LogP contribution in [0.4, 0.5) is 4.39 Å². The number of rotatable bonds is 8. The van der Waals surface area contributed by atoms with Gasteiger partial charge in [-0.1, -0.05) is 25.1 Å². The van der Waals surface area contributed by atoms with E-state index in [0.29, 0.717) is 10.5 Å². The zero-order valence-corrected chi connectivity index (χ0v) is 14.6. The van der Waals surface area contributed by atoms with E-state index in [2.05, 4.69) is 45.7 Å². The van der Waals surface area contributed by atoms with Crippen LogP contribution in [0.2, 0.25) is 0 Å². The summed E-state index contributed by atoms with van der Waals surface area (Å²) in [5.41, 5.74) is 1.04. The summed E-state index contributed by atoms with van der Waals surface area (Å²) in [6.07, 6.45) is 4.25. The largest absolute Gasteiger partial charge is 0.314 e. The maximum atomic E-state index is 13.6. The minimum absolute atomic E-state index is 0.179. The monoisotopic (exact) mass is 369 g/mol. The number of nitrogens with one attached hydrogen (secondary N) is 1. The van der Waals surface area contributed by atoms with Gasteiger partial charge >= 0.3 is 0 Å². The van der Waals surface area contributed by atoms with Gasteiger partial charge in [0.2, 0.25) is 0 Å². The Labute approximate surface area is 138 Å². The predicted octanol–water partition coefficient (Wildman–Crippen LogP) is 5.19. The number of halogens is 2. The molecule has 4 heteroatoms. The van der Waals surface area contributed by atoms with Crippen molar-refractivity contribution in [1.82, 2.24) is 5.32 Å². The average molecular weight is 370 g/mol. The van der Waals surface area contributed by atoms with Crippen LogP contribution in [0.3, 0.4) is 0 Å². The zero-order chi connectivity index (χ0) is 15.1. The second-order valence-electron chi connectivity index (χ2n) is 5.14. The normalized spacial score (nSPS) is 12.5. The fraction of sp³-hybridized carbons (Fsp3) is 0.412. The van der Waals surface area contributed by atoms with E-state index in [1.54, 1.807) is 6.07 Å². The van der Waals surface area contributed by atoms with E-state index in [0.717, 1.165) is 37.8 Å². The van der Waals surface area contributed by atoms with E-state index in [1.807, 2.05) is 17.4 Å². The van der Waals surface area contributed by atoms with Crippen molar-refractivity contribution in [3.05, 3.63) is 56.4 Å². The highest BCUT2D eigenvalue weighted by Gasteiger charge is 2.12. The van der Waals surface area contributed by atoms with Gasteiger partial charge in [0, 0.05) is 10.9 Å². The molecule has 1 unspecified atom stereocenters. The standard InChI is InChI=1S/C17H21BrFNS/c1-2-20-14(7-4-8-15-9-5-11-21-15)12-13-6-3-10-16(19)17(13)18/h3,5-6,9-11,14,20H,2,4,7-8,12H2,1H3. The molecule has 0 spiro atoms. The molecule has 0 radical (unpaired) electrons. The number of aryl methyl sites for hydroxylation is 1. The molecule has 0 saturated carbocycles. The van der Waals surface area contributed by atoms with E-state index in [4.69, 9.17) is 0 Å². The summed E-state index contributed by atoms with van der Waals surface area (Å²) in [6.45, 7) is 3.06. The molecule has 0 saturated heterocycles. The smallest absolute Gasteiger partial charge is 0.137 e. The van der Waals surface area contributed by atoms with Crippen molar-refractivity contribution < 1.29 is 4.39 Å². The summed E-state index contributed by atoms with van der Waals surface area (Å²) in [6, 6.07) is 9.96.